The molecule has 0 bridgehead atoms. The van der Waals surface area contributed by atoms with E-state index >= 15 is 0 Å². The molecule has 15 heavy (non-hydrogen) atoms. The molecule has 4 heteroatoms. The van der Waals surface area contributed by atoms with Gasteiger partial charge in [0.05, 0.1) is 5.92 Å². The fourth-order valence-corrected chi connectivity index (χ4v) is 1.50. The molecule has 0 aromatic carbocycles. The van der Waals surface area contributed by atoms with Crippen molar-refractivity contribution in [2.45, 2.75) is 6.42 Å². The average molecular weight is 205 g/mol. The molecular weight excluding hydrogens is 190 g/mol. The fourth-order valence-electron chi connectivity index (χ4n) is 1.50. The van der Waals surface area contributed by atoms with Crippen molar-refractivity contribution in [2.24, 2.45) is 5.92 Å². The molecule has 2 heterocycles. The summed E-state index contributed by atoms with van der Waals surface area (Å²) in [6.45, 7) is 2.35. The SMILES string of the molecule is O=C(NCCc1ccncc1)C1CNC1. The van der Waals surface area contributed by atoms with Gasteiger partial charge in [0.1, 0.15) is 0 Å². The monoisotopic (exact) mass is 205 g/mol. The fraction of sp³-hybridized carbons (Fsp3) is 0.455. The van der Waals surface area contributed by atoms with Gasteiger partial charge in [-0.15, -0.1) is 0 Å². The Morgan fingerprint density at radius 1 is 1.47 bits per heavy atom. The van der Waals surface area contributed by atoms with Crippen LogP contribution >= 0.6 is 0 Å². The maximum absolute atomic E-state index is 11.5. The number of nitrogens with zero attached hydrogens (tertiary/aromatic N) is 1. The first kappa shape index (κ1) is 10.1. The summed E-state index contributed by atoms with van der Waals surface area (Å²) in [5.41, 5.74) is 1.21. The van der Waals surface area contributed by atoms with Gasteiger partial charge in [-0.2, -0.15) is 0 Å². The second-order valence-corrected chi connectivity index (χ2v) is 3.75. The zero-order chi connectivity index (χ0) is 10.5. The third-order valence-corrected chi connectivity index (χ3v) is 2.61. The zero-order valence-electron chi connectivity index (χ0n) is 8.57. The van der Waals surface area contributed by atoms with Gasteiger partial charge in [0.2, 0.25) is 5.91 Å². The van der Waals surface area contributed by atoms with Gasteiger partial charge in [0.25, 0.3) is 0 Å². The number of aromatic nitrogens is 1. The molecular formula is C11H15N3O. The molecule has 1 saturated heterocycles. The van der Waals surface area contributed by atoms with Gasteiger partial charge in [0.15, 0.2) is 0 Å². The molecule has 4 nitrogen and oxygen atoms in total. The van der Waals surface area contributed by atoms with Crippen molar-refractivity contribution in [1.29, 1.82) is 0 Å². The summed E-state index contributed by atoms with van der Waals surface area (Å²) < 4.78 is 0. The highest BCUT2D eigenvalue weighted by Crippen LogP contribution is 2.02. The largest absolute Gasteiger partial charge is 0.355 e. The Bertz CT molecular complexity index is 322. The summed E-state index contributed by atoms with van der Waals surface area (Å²) in [5.74, 6) is 0.352. The van der Waals surface area contributed by atoms with Crippen LogP contribution in [0.4, 0.5) is 0 Å². The molecule has 2 N–H and O–H groups in total. The molecule has 1 fully saturated rings. The van der Waals surface area contributed by atoms with Gasteiger partial charge < -0.3 is 10.6 Å². The van der Waals surface area contributed by atoms with Crippen molar-refractivity contribution < 1.29 is 4.79 Å². The molecule has 2 rings (SSSR count). The van der Waals surface area contributed by atoms with Crippen LogP contribution in [0.1, 0.15) is 5.56 Å². The Labute approximate surface area is 89.1 Å². The predicted molar refractivity (Wildman–Crippen MR) is 57.3 cm³/mol. The molecule has 0 atom stereocenters. The van der Waals surface area contributed by atoms with Gasteiger partial charge in [-0.05, 0) is 24.1 Å². The van der Waals surface area contributed by atoms with E-state index in [1.807, 2.05) is 12.1 Å². The number of rotatable bonds is 4. The van der Waals surface area contributed by atoms with Crippen molar-refractivity contribution in [2.75, 3.05) is 19.6 Å². The van der Waals surface area contributed by atoms with Crippen LogP contribution in [0, 0.1) is 5.92 Å². The molecule has 1 amide bonds. The highest BCUT2D eigenvalue weighted by molar-refractivity contribution is 5.79. The normalized spacial score (nSPS) is 15.7. The van der Waals surface area contributed by atoms with Crippen LogP contribution in [0.25, 0.3) is 0 Å². The van der Waals surface area contributed by atoms with E-state index < -0.39 is 0 Å². The Morgan fingerprint density at radius 3 is 2.80 bits per heavy atom. The van der Waals surface area contributed by atoms with Crippen LogP contribution in [0.5, 0.6) is 0 Å². The number of pyridine rings is 1. The van der Waals surface area contributed by atoms with E-state index in [2.05, 4.69) is 15.6 Å². The minimum absolute atomic E-state index is 0.169. The average Bonchev–Trinajstić information content (AvgIpc) is 2.16. The molecule has 0 unspecified atom stereocenters. The summed E-state index contributed by atoms with van der Waals surface area (Å²) >= 11 is 0. The molecule has 0 radical (unpaired) electrons. The summed E-state index contributed by atoms with van der Waals surface area (Å²) in [4.78, 5) is 15.4. The first-order valence-corrected chi connectivity index (χ1v) is 5.23. The third-order valence-electron chi connectivity index (χ3n) is 2.61. The van der Waals surface area contributed by atoms with E-state index in [4.69, 9.17) is 0 Å². The lowest BCUT2D eigenvalue weighted by atomic mass is 10.0. The summed E-state index contributed by atoms with van der Waals surface area (Å²) in [6.07, 6.45) is 4.41. The Hall–Kier alpha value is -1.42. The van der Waals surface area contributed by atoms with Crippen LogP contribution in [0.2, 0.25) is 0 Å². The van der Waals surface area contributed by atoms with E-state index in [1.54, 1.807) is 12.4 Å². The second kappa shape index (κ2) is 4.89. The number of hydrogen-bond donors (Lipinski definition) is 2. The van der Waals surface area contributed by atoms with Crippen molar-refractivity contribution in [3.63, 3.8) is 0 Å². The number of carbonyl (C=O) groups is 1. The van der Waals surface area contributed by atoms with Crippen LogP contribution in [-0.4, -0.2) is 30.5 Å². The maximum atomic E-state index is 11.5. The van der Waals surface area contributed by atoms with E-state index in [-0.39, 0.29) is 11.8 Å². The van der Waals surface area contributed by atoms with E-state index in [0.717, 1.165) is 19.5 Å². The highest BCUT2D eigenvalue weighted by Gasteiger charge is 2.23. The third kappa shape index (κ3) is 2.76. The van der Waals surface area contributed by atoms with Crippen LogP contribution in [0.3, 0.4) is 0 Å². The van der Waals surface area contributed by atoms with Crippen molar-refractivity contribution in [1.82, 2.24) is 15.6 Å². The quantitative estimate of drug-likeness (QED) is 0.725. The predicted octanol–water partition coefficient (Wildman–Crippen LogP) is -0.0403. The standard InChI is InChI=1S/C11H15N3O/c15-11(10-7-13-8-10)14-6-3-9-1-4-12-5-2-9/h1-2,4-5,10,13H,3,6-8H2,(H,14,15). The molecule has 1 aromatic heterocycles. The smallest absolute Gasteiger partial charge is 0.225 e. The Kier molecular flexibility index (Phi) is 3.29. The van der Waals surface area contributed by atoms with Crippen LogP contribution < -0.4 is 10.6 Å². The van der Waals surface area contributed by atoms with Gasteiger partial charge in [-0.25, -0.2) is 0 Å². The van der Waals surface area contributed by atoms with Gasteiger partial charge in [-0.3, -0.25) is 9.78 Å². The van der Waals surface area contributed by atoms with Gasteiger partial charge in [-0.1, -0.05) is 0 Å². The number of hydrogen-bond acceptors (Lipinski definition) is 3. The van der Waals surface area contributed by atoms with E-state index in [9.17, 15) is 4.79 Å². The Balaban J connectivity index is 1.68. The molecule has 1 aromatic rings. The van der Waals surface area contributed by atoms with E-state index in [0.29, 0.717) is 6.54 Å². The van der Waals surface area contributed by atoms with Crippen LogP contribution in [0.15, 0.2) is 24.5 Å². The molecule has 1 aliphatic rings. The highest BCUT2D eigenvalue weighted by atomic mass is 16.2. The second-order valence-electron chi connectivity index (χ2n) is 3.75. The van der Waals surface area contributed by atoms with Crippen LogP contribution in [-0.2, 0) is 11.2 Å². The first-order chi connectivity index (χ1) is 7.36. The molecule has 0 spiro atoms. The molecule has 0 saturated carbocycles. The van der Waals surface area contributed by atoms with Gasteiger partial charge in [0, 0.05) is 32.0 Å². The maximum Gasteiger partial charge on any atom is 0.225 e. The lowest BCUT2D eigenvalue weighted by molar-refractivity contribution is -0.126. The lowest BCUT2D eigenvalue weighted by Crippen LogP contribution is -2.51. The topological polar surface area (TPSA) is 54.0 Å². The molecule has 0 aliphatic carbocycles. The van der Waals surface area contributed by atoms with Crippen molar-refractivity contribution in [3.8, 4) is 0 Å². The minimum atomic E-state index is 0.169. The molecule has 80 valence electrons. The summed E-state index contributed by atoms with van der Waals surface area (Å²) in [6, 6.07) is 3.94. The first-order valence-electron chi connectivity index (χ1n) is 5.23. The van der Waals surface area contributed by atoms with Gasteiger partial charge >= 0.3 is 0 Å². The lowest BCUT2D eigenvalue weighted by Gasteiger charge is -2.25. The van der Waals surface area contributed by atoms with Crippen molar-refractivity contribution in [3.05, 3.63) is 30.1 Å². The Morgan fingerprint density at radius 2 is 2.20 bits per heavy atom. The minimum Gasteiger partial charge on any atom is -0.355 e. The number of amides is 1. The number of carbonyl (C=O) groups excluding carboxylic acids is 1. The summed E-state index contributed by atoms with van der Waals surface area (Å²) in [7, 11) is 0. The zero-order valence-corrected chi connectivity index (χ0v) is 8.57. The van der Waals surface area contributed by atoms with E-state index in [1.165, 1.54) is 5.56 Å². The summed E-state index contributed by atoms with van der Waals surface area (Å²) in [5, 5.41) is 6.01. The number of nitrogens with one attached hydrogen (secondary N) is 2. The van der Waals surface area contributed by atoms with Crippen molar-refractivity contribution >= 4 is 5.91 Å². The molecule has 1 aliphatic heterocycles.